The maximum Gasteiger partial charge on any atom is 0.260 e. The molecule has 10 heteroatoms. The van der Waals surface area contributed by atoms with Gasteiger partial charge in [0.1, 0.15) is 11.6 Å². The highest BCUT2D eigenvalue weighted by atomic mass is 35.5. The summed E-state index contributed by atoms with van der Waals surface area (Å²) in [6, 6.07) is 19.1. The number of carbonyl (C=O) groups is 1. The number of hydrogen-bond acceptors (Lipinski definition) is 6. The SMILES string of the molecule is CCC(N)(c1cc(Cl)ccc1OCC(=O)N1CC(C)N(Cc2ccc(F)cc2)CC1C)S(=O)(=O)c1ccccc1. The summed E-state index contributed by atoms with van der Waals surface area (Å²) in [5.74, 6) is -0.295. The van der Waals surface area contributed by atoms with Gasteiger partial charge in [-0.2, -0.15) is 0 Å². The Balaban J connectivity index is 1.50. The van der Waals surface area contributed by atoms with Crippen molar-refractivity contribution in [3.05, 3.63) is 94.8 Å². The van der Waals surface area contributed by atoms with E-state index in [1.807, 2.05) is 13.8 Å². The van der Waals surface area contributed by atoms with Gasteiger partial charge < -0.3 is 15.4 Å². The van der Waals surface area contributed by atoms with Crippen LogP contribution in [0.5, 0.6) is 5.75 Å². The molecule has 0 aromatic heterocycles. The number of rotatable bonds is 9. The minimum atomic E-state index is -4.04. The molecule has 214 valence electrons. The molecule has 1 fully saturated rings. The summed E-state index contributed by atoms with van der Waals surface area (Å²) in [7, 11) is -4.04. The van der Waals surface area contributed by atoms with Crippen LogP contribution < -0.4 is 10.5 Å². The van der Waals surface area contributed by atoms with Crippen molar-refractivity contribution < 1.29 is 22.3 Å². The average molecular weight is 588 g/mol. The molecule has 0 aliphatic carbocycles. The second-order valence-electron chi connectivity index (χ2n) is 10.3. The number of piperazine rings is 1. The Hall–Kier alpha value is -2.98. The number of sulfone groups is 1. The monoisotopic (exact) mass is 587 g/mol. The second-order valence-corrected chi connectivity index (χ2v) is 12.9. The van der Waals surface area contributed by atoms with E-state index in [1.54, 1.807) is 54.3 Å². The fourth-order valence-corrected chi connectivity index (χ4v) is 7.04. The molecule has 0 saturated carbocycles. The van der Waals surface area contributed by atoms with E-state index < -0.39 is 14.7 Å². The third kappa shape index (κ3) is 6.17. The third-order valence-electron chi connectivity index (χ3n) is 7.54. The van der Waals surface area contributed by atoms with Gasteiger partial charge in [0, 0.05) is 42.3 Å². The van der Waals surface area contributed by atoms with Gasteiger partial charge in [0.2, 0.25) is 9.84 Å². The molecule has 1 aliphatic rings. The molecule has 0 radical (unpaired) electrons. The van der Waals surface area contributed by atoms with Crippen LogP contribution in [-0.4, -0.2) is 55.9 Å². The Kier molecular flexibility index (Phi) is 9.19. The lowest BCUT2D eigenvalue weighted by atomic mass is 10.0. The molecule has 1 aliphatic heterocycles. The molecule has 1 heterocycles. The van der Waals surface area contributed by atoms with Crippen molar-refractivity contribution >= 4 is 27.3 Å². The molecule has 4 rings (SSSR count). The highest BCUT2D eigenvalue weighted by Crippen LogP contribution is 2.40. The summed E-state index contributed by atoms with van der Waals surface area (Å²) in [4.78, 5) is 15.6. The number of halogens is 2. The van der Waals surface area contributed by atoms with Gasteiger partial charge in [0.25, 0.3) is 5.91 Å². The molecule has 7 nitrogen and oxygen atoms in total. The minimum Gasteiger partial charge on any atom is -0.483 e. The largest absolute Gasteiger partial charge is 0.483 e. The second kappa shape index (κ2) is 12.3. The Morgan fingerprint density at radius 3 is 2.38 bits per heavy atom. The Labute approximate surface area is 240 Å². The number of hydrogen-bond donors (Lipinski definition) is 1. The molecule has 1 amide bonds. The van der Waals surface area contributed by atoms with Gasteiger partial charge in [-0.05, 0) is 68.3 Å². The van der Waals surface area contributed by atoms with Crippen LogP contribution in [-0.2, 0) is 26.0 Å². The molecular formula is C30H35ClFN3O4S. The summed E-state index contributed by atoms with van der Waals surface area (Å²) in [6.45, 7) is 7.23. The quantitative estimate of drug-likeness (QED) is 0.380. The van der Waals surface area contributed by atoms with Crippen LogP contribution >= 0.6 is 11.6 Å². The fraction of sp³-hybridized carbons (Fsp3) is 0.367. The van der Waals surface area contributed by atoms with Crippen LogP contribution in [0.4, 0.5) is 4.39 Å². The predicted octanol–water partition coefficient (Wildman–Crippen LogP) is 4.97. The van der Waals surface area contributed by atoms with Gasteiger partial charge in [-0.25, -0.2) is 12.8 Å². The van der Waals surface area contributed by atoms with Crippen LogP contribution in [0.1, 0.15) is 38.3 Å². The first-order valence-electron chi connectivity index (χ1n) is 13.3. The van der Waals surface area contributed by atoms with Crippen molar-refractivity contribution in [3.63, 3.8) is 0 Å². The Morgan fingerprint density at radius 1 is 1.05 bits per heavy atom. The van der Waals surface area contributed by atoms with E-state index in [2.05, 4.69) is 4.90 Å². The highest BCUT2D eigenvalue weighted by Gasteiger charge is 2.43. The van der Waals surface area contributed by atoms with E-state index in [9.17, 15) is 17.6 Å². The number of nitrogens with zero attached hydrogens (tertiary/aromatic N) is 2. The standard InChI is InChI=1S/C30H35ClFN3O4S/c1-4-30(33,40(37,38)26-8-6-5-7-9-26)27-16-24(31)12-15-28(27)39-20-29(36)35-18-21(2)34(17-22(35)3)19-23-10-13-25(32)14-11-23/h5-16,21-22H,4,17-20,33H2,1-3H3. The maximum atomic E-state index is 13.7. The molecule has 0 spiro atoms. The summed E-state index contributed by atoms with van der Waals surface area (Å²) in [5.41, 5.74) is 7.83. The first kappa shape index (κ1) is 30.0. The van der Waals surface area contributed by atoms with Crippen molar-refractivity contribution in [1.29, 1.82) is 0 Å². The molecule has 40 heavy (non-hydrogen) atoms. The van der Waals surface area contributed by atoms with Crippen LogP contribution in [0, 0.1) is 5.82 Å². The van der Waals surface area contributed by atoms with Gasteiger partial charge in [0.05, 0.1) is 4.90 Å². The van der Waals surface area contributed by atoms with E-state index in [0.29, 0.717) is 24.7 Å². The van der Waals surface area contributed by atoms with Gasteiger partial charge >= 0.3 is 0 Å². The summed E-state index contributed by atoms with van der Waals surface area (Å²) >= 11 is 6.27. The zero-order valence-corrected chi connectivity index (χ0v) is 24.5. The van der Waals surface area contributed by atoms with E-state index >= 15 is 0 Å². The van der Waals surface area contributed by atoms with Crippen molar-refractivity contribution in [2.24, 2.45) is 5.73 Å². The first-order chi connectivity index (χ1) is 19.0. The fourth-order valence-electron chi connectivity index (χ4n) is 5.11. The van der Waals surface area contributed by atoms with Crippen molar-refractivity contribution in [3.8, 4) is 5.75 Å². The van der Waals surface area contributed by atoms with Crippen LogP contribution in [0.15, 0.2) is 77.7 Å². The molecule has 3 unspecified atom stereocenters. The van der Waals surface area contributed by atoms with E-state index in [-0.39, 0.29) is 53.0 Å². The van der Waals surface area contributed by atoms with Gasteiger partial charge in [-0.1, -0.05) is 48.9 Å². The highest BCUT2D eigenvalue weighted by molar-refractivity contribution is 7.92. The smallest absolute Gasteiger partial charge is 0.260 e. The molecule has 3 aromatic rings. The average Bonchev–Trinajstić information content (AvgIpc) is 2.95. The normalized spacial score (nSPS) is 19.7. The van der Waals surface area contributed by atoms with Crippen molar-refractivity contribution in [2.45, 2.75) is 55.6 Å². The Bertz CT molecular complexity index is 1440. The van der Waals surface area contributed by atoms with E-state index in [1.165, 1.54) is 30.3 Å². The van der Waals surface area contributed by atoms with Crippen molar-refractivity contribution in [1.82, 2.24) is 9.80 Å². The zero-order chi connectivity index (χ0) is 29.1. The van der Waals surface area contributed by atoms with E-state index in [4.69, 9.17) is 22.1 Å². The molecule has 1 saturated heterocycles. The van der Waals surface area contributed by atoms with Crippen molar-refractivity contribution in [2.75, 3.05) is 19.7 Å². The number of amides is 1. The van der Waals surface area contributed by atoms with Crippen LogP contribution in [0.25, 0.3) is 0 Å². The maximum absolute atomic E-state index is 13.7. The topological polar surface area (TPSA) is 92.9 Å². The zero-order valence-electron chi connectivity index (χ0n) is 22.9. The number of benzene rings is 3. The lowest BCUT2D eigenvalue weighted by Gasteiger charge is -2.44. The molecule has 3 aromatic carbocycles. The predicted molar refractivity (Wildman–Crippen MR) is 154 cm³/mol. The third-order valence-corrected chi connectivity index (χ3v) is 10.1. The van der Waals surface area contributed by atoms with Gasteiger partial charge in [-0.15, -0.1) is 0 Å². The van der Waals surface area contributed by atoms with Crippen LogP contribution in [0.2, 0.25) is 5.02 Å². The Morgan fingerprint density at radius 2 is 1.73 bits per heavy atom. The molecule has 3 atom stereocenters. The minimum absolute atomic E-state index is 0.0550. The first-order valence-corrected chi connectivity index (χ1v) is 15.1. The van der Waals surface area contributed by atoms with Gasteiger partial charge in [0.15, 0.2) is 11.5 Å². The number of nitrogens with two attached hydrogens (primary N) is 1. The summed E-state index contributed by atoms with van der Waals surface area (Å²) in [6.07, 6.45) is 0.0550. The summed E-state index contributed by atoms with van der Waals surface area (Å²) < 4.78 is 46.6. The molecule has 0 bridgehead atoms. The number of carbonyl (C=O) groups excluding carboxylic acids is 1. The van der Waals surface area contributed by atoms with Crippen LogP contribution in [0.3, 0.4) is 0 Å². The summed E-state index contributed by atoms with van der Waals surface area (Å²) in [5, 5.41) is 0.305. The molecular weight excluding hydrogens is 553 g/mol. The van der Waals surface area contributed by atoms with Gasteiger partial charge in [-0.3, -0.25) is 9.69 Å². The lowest BCUT2D eigenvalue weighted by molar-refractivity contribution is -0.139. The number of ether oxygens (including phenoxy) is 1. The lowest BCUT2D eigenvalue weighted by Crippen LogP contribution is -2.58. The molecule has 2 N–H and O–H groups in total. The van der Waals surface area contributed by atoms with E-state index in [0.717, 1.165) is 5.56 Å².